The average Bonchev–Trinajstić information content (AvgIpc) is 3.02. The Hall–Kier alpha value is -2.68. The van der Waals surface area contributed by atoms with Crippen LogP contribution in [0.5, 0.6) is 0 Å². The Labute approximate surface area is 181 Å². The van der Waals surface area contributed by atoms with E-state index in [1.807, 2.05) is 12.1 Å². The average molecular weight is 452 g/mol. The lowest BCUT2D eigenvalue weighted by Gasteiger charge is -2.28. The first-order valence-electron chi connectivity index (χ1n) is 10.2. The Bertz CT molecular complexity index is 1060. The lowest BCUT2D eigenvalue weighted by Crippen LogP contribution is -2.48. The zero-order chi connectivity index (χ0) is 22.8. The molecule has 2 aromatic carbocycles. The van der Waals surface area contributed by atoms with Crippen molar-refractivity contribution in [3.63, 3.8) is 0 Å². The predicted molar refractivity (Wildman–Crippen MR) is 118 cm³/mol. The van der Waals surface area contributed by atoms with Crippen LogP contribution in [0.3, 0.4) is 0 Å². The van der Waals surface area contributed by atoms with Crippen LogP contribution in [0.2, 0.25) is 0 Å². The number of nitrogens with one attached hydrogen (secondary N) is 1. The van der Waals surface area contributed by atoms with E-state index in [2.05, 4.69) is 29.3 Å². The number of rotatable bonds is 8. The van der Waals surface area contributed by atoms with Crippen LogP contribution in [0.4, 0.5) is 20.2 Å². The zero-order valence-corrected chi connectivity index (χ0v) is 18.6. The Morgan fingerprint density at radius 3 is 2.61 bits per heavy atom. The van der Waals surface area contributed by atoms with Crippen molar-refractivity contribution in [3.8, 4) is 0 Å². The lowest BCUT2D eigenvalue weighted by atomic mass is 10.1. The van der Waals surface area contributed by atoms with E-state index >= 15 is 0 Å². The maximum absolute atomic E-state index is 13.6. The summed E-state index contributed by atoms with van der Waals surface area (Å²) < 4.78 is 52.2. The molecule has 168 valence electrons. The van der Waals surface area contributed by atoms with Crippen molar-refractivity contribution < 1.29 is 22.0 Å². The lowest BCUT2D eigenvalue weighted by molar-refractivity contribution is -0.121. The van der Waals surface area contributed by atoms with Crippen molar-refractivity contribution in [3.05, 3.63) is 59.7 Å². The van der Waals surface area contributed by atoms with Gasteiger partial charge in [0.2, 0.25) is 15.9 Å². The topological polar surface area (TPSA) is 69.7 Å². The molecule has 6 nitrogen and oxygen atoms in total. The van der Waals surface area contributed by atoms with Gasteiger partial charge in [0.25, 0.3) is 0 Å². The second-order valence-electron chi connectivity index (χ2n) is 7.85. The van der Waals surface area contributed by atoms with Crippen LogP contribution >= 0.6 is 0 Å². The van der Waals surface area contributed by atoms with Gasteiger partial charge in [0.1, 0.15) is 6.04 Å². The van der Waals surface area contributed by atoms with Crippen LogP contribution < -0.4 is 14.5 Å². The van der Waals surface area contributed by atoms with Gasteiger partial charge in [-0.2, -0.15) is 0 Å². The molecular weight excluding hydrogens is 424 g/mol. The molecule has 2 aromatic rings. The molecule has 2 unspecified atom stereocenters. The zero-order valence-electron chi connectivity index (χ0n) is 17.8. The van der Waals surface area contributed by atoms with E-state index in [0.29, 0.717) is 19.0 Å². The van der Waals surface area contributed by atoms with E-state index in [1.54, 1.807) is 0 Å². The molecule has 0 radical (unpaired) electrons. The van der Waals surface area contributed by atoms with Gasteiger partial charge in [-0.15, -0.1) is 0 Å². The number of halogens is 2. The van der Waals surface area contributed by atoms with Gasteiger partial charge in [-0.1, -0.05) is 18.2 Å². The minimum Gasteiger partial charge on any atom is -0.368 e. The molecule has 1 amide bonds. The maximum atomic E-state index is 13.6. The summed E-state index contributed by atoms with van der Waals surface area (Å²) in [5.74, 6) is -2.78. The Morgan fingerprint density at radius 1 is 1.23 bits per heavy atom. The number of hydrogen-bond donors (Lipinski definition) is 1. The highest BCUT2D eigenvalue weighted by Crippen LogP contribution is 2.31. The third kappa shape index (κ3) is 5.15. The number of sulfonamides is 1. The molecule has 3 rings (SSSR count). The number of fused-ring (bicyclic) bond motifs is 1. The van der Waals surface area contributed by atoms with Crippen molar-refractivity contribution >= 4 is 27.3 Å². The molecule has 1 aliphatic rings. The molecule has 9 heteroatoms. The van der Waals surface area contributed by atoms with Gasteiger partial charge in [-0.05, 0) is 50.5 Å². The quantitative estimate of drug-likeness (QED) is 0.627. The standard InChI is InChI=1S/C22H27F2N3O3S/c1-15-13-17-7-4-5-8-21(17)26(15)12-6-11-25-22(28)16(2)27(31(3,29)30)18-9-10-19(23)20(24)14-18/h4-5,7-10,14-16H,6,11-13H2,1-3H3,(H,25,28). The first-order valence-corrected chi connectivity index (χ1v) is 12.0. The molecule has 0 bridgehead atoms. The fourth-order valence-electron chi connectivity index (χ4n) is 4.01. The van der Waals surface area contributed by atoms with Gasteiger partial charge in [0.15, 0.2) is 11.6 Å². The highest BCUT2D eigenvalue weighted by molar-refractivity contribution is 7.92. The van der Waals surface area contributed by atoms with E-state index in [1.165, 1.54) is 18.2 Å². The summed E-state index contributed by atoms with van der Waals surface area (Å²) in [7, 11) is -3.90. The number of para-hydroxylation sites is 1. The molecule has 0 fully saturated rings. The van der Waals surface area contributed by atoms with Gasteiger partial charge < -0.3 is 10.2 Å². The number of benzene rings is 2. The smallest absolute Gasteiger partial charge is 0.243 e. The third-order valence-electron chi connectivity index (χ3n) is 5.47. The van der Waals surface area contributed by atoms with Crippen molar-refractivity contribution in [2.75, 3.05) is 28.6 Å². The summed E-state index contributed by atoms with van der Waals surface area (Å²) in [4.78, 5) is 14.9. The van der Waals surface area contributed by atoms with Gasteiger partial charge in [0, 0.05) is 30.9 Å². The second-order valence-corrected chi connectivity index (χ2v) is 9.71. The molecule has 0 aliphatic carbocycles. The normalized spacial score (nSPS) is 16.7. The molecule has 0 saturated heterocycles. The van der Waals surface area contributed by atoms with E-state index in [4.69, 9.17) is 0 Å². The van der Waals surface area contributed by atoms with Crippen molar-refractivity contribution in [1.29, 1.82) is 0 Å². The van der Waals surface area contributed by atoms with Crippen LogP contribution in [0.25, 0.3) is 0 Å². The highest BCUT2D eigenvalue weighted by Gasteiger charge is 2.30. The van der Waals surface area contributed by atoms with Gasteiger partial charge in [-0.3, -0.25) is 9.10 Å². The minimum atomic E-state index is -3.90. The van der Waals surface area contributed by atoms with E-state index in [-0.39, 0.29) is 5.69 Å². The fraction of sp³-hybridized carbons (Fsp3) is 0.409. The van der Waals surface area contributed by atoms with Gasteiger partial charge >= 0.3 is 0 Å². The fourth-order valence-corrected chi connectivity index (χ4v) is 5.18. The molecule has 1 heterocycles. The van der Waals surface area contributed by atoms with E-state index in [0.717, 1.165) is 41.7 Å². The van der Waals surface area contributed by atoms with Crippen LogP contribution in [0.1, 0.15) is 25.8 Å². The van der Waals surface area contributed by atoms with Crippen LogP contribution in [0.15, 0.2) is 42.5 Å². The van der Waals surface area contributed by atoms with Crippen LogP contribution in [-0.4, -0.2) is 45.8 Å². The SMILES string of the molecule is CC1Cc2ccccc2N1CCCNC(=O)C(C)N(c1ccc(F)c(F)c1)S(C)(=O)=O. The highest BCUT2D eigenvalue weighted by atomic mass is 32.2. The predicted octanol–water partition coefficient (Wildman–Crippen LogP) is 3.08. The van der Waals surface area contributed by atoms with E-state index < -0.39 is 33.6 Å². The first-order chi connectivity index (χ1) is 14.6. The molecule has 0 aromatic heterocycles. The summed E-state index contributed by atoms with van der Waals surface area (Å²) in [6.45, 7) is 4.69. The summed E-state index contributed by atoms with van der Waals surface area (Å²) in [6.07, 6.45) is 2.59. The Kier molecular flexibility index (Phi) is 6.83. The van der Waals surface area contributed by atoms with Crippen molar-refractivity contribution in [2.24, 2.45) is 0 Å². The number of nitrogens with zero attached hydrogens (tertiary/aromatic N) is 2. The summed E-state index contributed by atoms with van der Waals surface area (Å²) in [5.41, 5.74) is 2.41. The number of amides is 1. The largest absolute Gasteiger partial charge is 0.368 e. The van der Waals surface area contributed by atoms with Gasteiger partial charge in [0.05, 0.1) is 11.9 Å². The summed E-state index contributed by atoms with van der Waals surface area (Å²) >= 11 is 0. The Morgan fingerprint density at radius 2 is 1.94 bits per heavy atom. The molecular formula is C22H27F2N3O3S. The molecule has 1 N–H and O–H groups in total. The number of anilines is 2. The number of hydrogen-bond acceptors (Lipinski definition) is 4. The summed E-state index contributed by atoms with van der Waals surface area (Å²) in [6, 6.07) is 10.2. The van der Waals surface area contributed by atoms with Crippen molar-refractivity contribution in [2.45, 2.75) is 38.8 Å². The number of carbonyl (C=O) groups excluding carboxylic acids is 1. The number of carbonyl (C=O) groups is 1. The monoisotopic (exact) mass is 451 g/mol. The van der Waals surface area contributed by atoms with Gasteiger partial charge in [-0.25, -0.2) is 17.2 Å². The molecule has 1 aliphatic heterocycles. The minimum absolute atomic E-state index is 0.105. The maximum Gasteiger partial charge on any atom is 0.243 e. The molecule has 2 atom stereocenters. The van der Waals surface area contributed by atoms with Crippen LogP contribution in [-0.2, 0) is 21.2 Å². The first kappa shape index (κ1) is 23.0. The molecule has 0 spiro atoms. The summed E-state index contributed by atoms with van der Waals surface area (Å²) in [5, 5.41) is 2.75. The molecule has 0 saturated carbocycles. The van der Waals surface area contributed by atoms with Crippen molar-refractivity contribution in [1.82, 2.24) is 5.32 Å². The second kappa shape index (κ2) is 9.21. The molecule has 31 heavy (non-hydrogen) atoms. The van der Waals surface area contributed by atoms with Crippen LogP contribution in [0, 0.1) is 11.6 Å². The van der Waals surface area contributed by atoms with E-state index in [9.17, 15) is 22.0 Å². The Balaban J connectivity index is 1.60. The third-order valence-corrected chi connectivity index (χ3v) is 6.71.